The molecule has 0 atom stereocenters. The number of Topliss-reactive ketones (excluding diaryl/α,β-unsaturated/α-hetero) is 1. The van der Waals surface area contributed by atoms with Gasteiger partial charge < -0.3 is 5.32 Å². The number of ketones is 1. The number of hydrogen-bond donors (Lipinski definition) is 1. The average Bonchev–Trinajstić information content (AvgIpc) is 2.64. The van der Waals surface area contributed by atoms with Crippen molar-refractivity contribution in [3.63, 3.8) is 0 Å². The number of anilines is 2. The molecule has 0 spiro atoms. The lowest BCUT2D eigenvalue weighted by Crippen LogP contribution is -1.98. The van der Waals surface area contributed by atoms with Crippen LogP contribution in [-0.4, -0.2) is 5.78 Å². The van der Waals surface area contributed by atoms with Crippen molar-refractivity contribution in [2.24, 2.45) is 0 Å². The molecule has 1 aromatic heterocycles. The molecule has 0 saturated carbocycles. The number of fused-ring (bicyclic) bond motifs is 2. The van der Waals surface area contributed by atoms with Gasteiger partial charge in [0.2, 0.25) is 0 Å². The first-order valence-corrected chi connectivity index (χ1v) is 5.68. The minimum atomic E-state index is 0.206. The lowest BCUT2D eigenvalue weighted by Gasteiger charge is -2.05. The molecule has 2 aromatic rings. The third-order valence-corrected chi connectivity index (χ3v) is 3.51. The molecule has 2 nitrogen and oxygen atoms in total. The van der Waals surface area contributed by atoms with Gasteiger partial charge in [-0.25, -0.2) is 0 Å². The van der Waals surface area contributed by atoms with Crippen LogP contribution in [0.4, 0.5) is 11.4 Å². The molecular weight excluding hydrogens is 206 g/mol. The van der Waals surface area contributed by atoms with Gasteiger partial charge in [-0.3, -0.25) is 4.79 Å². The molecule has 0 unspecified atom stereocenters. The second-order valence-corrected chi connectivity index (χ2v) is 4.46. The number of para-hydroxylation sites is 1. The van der Waals surface area contributed by atoms with E-state index in [0.29, 0.717) is 6.42 Å². The van der Waals surface area contributed by atoms with Gasteiger partial charge in [0.05, 0.1) is 10.6 Å². The van der Waals surface area contributed by atoms with E-state index in [0.717, 1.165) is 21.8 Å². The Labute approximate surface area is 91.6 Å². The summed E-state index contributed by atoms with van der Waals surface area (Å²) in [6, 6.07) is 9.91. The van der Waals surface area contributed by atoms with Gasteiger partial charge in [0, 0.05) is 12.1 Å². The summed E-state index contributed by atoms with van der Waals surface area (Å²) in [7, 11) is 0. The average molecular weight is 215 g/mol. The van der Waals surface area contributed by atoms with Crippen molar-refractivity contribution < 1.29 is 4.79 Å². The summed E-state index contributed by atoms with van der Waals surface area (Å²) in [5, 5.41) is 5.25. The van der Waals surface area contributed by atoms with Gasteiger partial charge >= 0.3 is 0 Å². The minimum absolute atomic E-state index is 0.206. The molecule has 1 aliphatic rings. The molecule has 0 aliphatic carbocycles. The van der Waals surface area contributed by atoms with Gasteiger partial charge in [-0.05, 0) is 23.1 Å². The van der Waals surface area contributed by atoms with E-state index in [-0.39, 0.29) is 5.78 Å². The van der Waals surface area contributed by atoms with Crippen LogP contribution in [0.25, 0.3) is 0 Å². The quantitative estimate of drug-likeness (QED) is 0.731. The Morgan fingerprint density at radius 1 is 1.13 bits per heavy atom. The monoisotopic (exact) mass is 215 g/mol. The van der Waals surface area contributed by atoms with Crippen LogP contribution in [0.2, 0.25) is 0 Å². The van der Waals surface area contributed by atoms with Crippen molar-refractivity contribution in [2.75, 3.05) is 5.32 Å². The van der Waals surface area contributed by atoms with E-state index in [9.17, 15) is 4.79 Å². The van der Waals surface area contributed by atoms with Crippen LogP contribution in [0.1, 0.15) is 15.2 Å². The molecular formula is C12H9NOS. The van der Waals surface area contributed by atoms with E-state index >= 15 is 0 Å². The first-order chi connectivity index (χ1) is 7.34. The van der Waals surface area contributed by atoms with Crippen LogP contribution in [0.15, 0.2) is 35.7 Å². The second-order valence-electron chi connectivity index (χ2n) is 3.55. The topological polar surface area (TPSA) is 29.1 Å². The zero-order valence-electron chi connectivity index (χ0n) is 7.99. The van der Waals surface area contributed by atoms with Crippen molar-refractivity contribution in [1.29, 1.82) is 0 Å². The van der Waals surface area contributed by atoms with Crippen molar-refractivity contribution in [3.8, 4) is 0 Å². The fraction of sp³-hybridized carbons (Fsp3) is 0.0833. The summed E-state index contributed by atoms with van der Waals surface area (Å²) in [5.74, 6) is 0.206. The number of rotatable bonds is 0. The number of carbonyl (C=O) groups is 1. The van der Waals surface area contributed by atoms with Gasteiger partial charge in [0.15, 0.2) is 5.78 Å². The Kier molecular flexibility index (Phi) is 1.86. The standard InChI is InChI=1S/C12H9NOS/c14-11-7-8-3-1-2-4-9(8)13-10-5-6-15-12(10)11/h1-6,13H,7H2. The highest BCUT2D eigenvalue weighted by molar-refractivity contribution is 7.12. The van der Waals surface area contributed by atoms with Gasteiger partial charge in [-0.2, -0.15) is 0 Å². The van der Waals surface area contributed by atoms with Crippen LogP contribution in [0.3, 0.4) is 0 Å². The van der Waals surface area contributed by atoms with E-state index in [4.69, 9.17) is 0 Å². The Hall–Kier alpha value is -1.61. The van der Waals surface area contributed by atoms with Crippen LogP contribution in [0, 0.1) is 0 Å². The number of nitrogens with one attached hydrogen (secondary N) is 1. The van der Waals surface area contributed by atoms with Crippen LogP contribution in [-0.2, 0) is 6.42 Å². The van der Waals surface area contributed by atoms with Crippen molar-refractivity contribution in [2.45, 2.75) is 6.42 Å². The number of carbonyl (C=O) groups excluding carboxylic acids is 1. The SMILES string of the molecule is O=C1Cc2ccccc2Nc2ccsc21. The Morgan fingerprint density at radius 2 is 2.00 bits per heavy atom. The first kappa shape index (κ1) is 8.68. The Bertz CT molecular complexity index is 530. The number of benzene rings is 1. The predicted molar refractivity (Wildman–Crippen MR) is 62.1 cm³/mol. The Balaban J connectivity index is 2.18. The van der Waals surface area contributed by atoms with Crippen molar-refractivity contribution in [1.82, 2.24) is 0 Å². The molecule has 1 N–H and O–H groups in total. The van der Waals surface area contributed by atoms with Gasteiger partial charge in [0.1, 0.15) is 0 Å². The van der Waals surface area contributed by atoms with Gasteiger partial charge in [-0.15, -0.1) is 11.3 Å². The largest absolute Gasteiger partial charge is 0.354 e. The second kappa shape index (κ2) is 3.21. The van der Waals surface area contributed by atoms with Gasteiger partial charge in [-0.1, -0.05) is 18.2 Å². The van der Waals surface area contributed by atoms with Crippen LogP contribution in [0.5, 0.6) is 0 Å². The molecule has 0 radical (unpaired) electrons. The summed E-state index contributed by atoms with van der Waals surface area (Å²) in [5.41, 5.74) is 3.06. The number of hydrogen-bond acceptors (Lipinski definition) is 3. The van der Waals surface area contributed by atoms with E-state index in [1.165, 1.54) is 11.3 Å². The van der Waals surface area contributed by atoms with Crippen molar-refractivity contribution >= 4 is 28.5 Å². The zero-order valence-corrected chi connectivity index (χ0v) is 8.80. The van der Waals surface area contributed by atoms with Crippen LogP contribution >= 0.6 is 11.3 Å². The maximum absolute atomic E-state index is 11.9. The molecule has 2 heterocycles. The molecule has 3 rings (SSSR count). The molecule has 1 aromatic carbocycles. The molecule has 74 valence electrons. The highest BCUT2D eigenvalue weighted by Crippen LogP contribution is 2.32. The summed E-state index contributed by atoms with van der Waals surface area (Å²) in [6.45, 7) is 0. The molecule has 15 heavy (non-hydrogen) atoms. The predicted octanol–water partition coefficient (Wildman–Crippen LogP) is 3.23. The molecule has 1 aliphatic heterocycles. The lowest BCUT2D eigenvalue weighted by atomic mass is 10.1. The third-order valence-electron chi connectivity index (χ3n) is 2.56. The molecule has 0 fully saturated rings. The maximum Gasteiger partial charge on any atom is 0.179 e. The highest BCUT2D eigenvalue weighted by atomic mass is 32.1. The summed E-state index contributed by atoms with van der Waals surface area (Å²) < 4.78 is 0. The lowest BCUT2D eigenvalue weighted by molar-refractivity contribution is 0.0998. The maximum atomic E-state index is 11.9. The van der Waals surface area contributed by atoms with Crippen molar-refractivity contribution in [3.05, 3.63) is 46.2 Å². The van der Waals surface area contributed by atoms with E-state index in [1.54, 1.807) is 0 Å². The number of thiophene rings is 1. The summed E-state index contributed by atoms with van der Waals surface area (Å²) >= 11 is 1.51. The first-order valence-electron chi connectivity index (χ1n) is 4.80. The fourth-order valence-electron chi connectivity index (χ4n) is 1.82. The van der Waals surface area contributed by atoms with E-state index < -0.39 is 0 Å². The fourth-order valence-corrected chi connectivity index (χ4v) is 2.61. The Morgan fingerprint density at radius 3 is 2.93 bits per heavy atom. The zero-order chi connectivity index (χ0) is 10.3. The molecule has 3 heteroatoms. The van der Waals surface area contributed by atoms with E-state index in [1.807, 2.05) is 35.7 Å². The molecule has 0 saturated heterocycles. The van der Waals surface area contributed by atoms with E-state index in [2.05, 4.69) is 5.32 Å². The molecule has 0 amide bonds. The highest BCUT2D eigenvalue weighted by Gasteiger charge is 2.19. The van der Waals surface area contributed by atoms with Gasteiger partial charge in [0.25, 0.3) is 0 Å². The summed E-state index contributed by atoms with van der Waals surface area (Å²) in [4.78, 5) is 12.7. The smallest absolute Gasteiger partial charge is 0.179 e. The minimum Gasteiger partial charge on any atom is -0.354 e. The summed E-state index contributed by atoms with van der Waals surface area (Å²) in [6.07, 6.45) is 0.497. The third kappa shape index (κ3) is 1.36. The normalized spacial score (nSPS) is 13.7. The van der Waals surface area contributed by atoms with Crippen LogP contribution < -0.4 is 5.32 Å². The molecule has 0 bridgehead atoms.